The fraction of sp³-hybridized carbons (Fsp3) is 0.462. The Labute approximate surface area is 119 Å². The summed E-state index contributed by atoms with van der Waals surface area (Å²) in [7, 11) is 0. The molecule has 1 saturated heterocycles. The predicted octanol–water partition coefficient (Wildman–Crippen LogP) is 0.178. The van der Waals surface area contributed by atoms with Crippen LogP contribution < -0.4 is 10.2 Å². The van der Waals surface area contributed by atoms with Gasteiger partial charge in [0.25, 0.3) is 5.92 Å². The zero-order valence-electron chi connectivity index (χ0n) is 11.1. The molecule has 2 N–H and O–H groups in total. The molecule has 2 amide bonds. The molecular weight excluding hydrogens is 284 g/mol. The van der Waals surface area contributed by atoms with Crippen molar-refractivity contribution in [2.75, 3.05) is 24.6 Å². The maximum absolute atomic E-state index is 12.9. The highest BCUT2D eigenvalue weighted by molar-refractivity contribution is 5.99. The highest BCUT2D eigenvalue weighted by Gasteiger charge is 2.37. The highest BCUT2D eigenvalue weighted by atomic mass is 19.3. The van der Waals surface area contributed by atoms with Crippen LogP contribution in [-0.2, 0) is 9.59 Å². The Morgan fingerprint density at radius 3 is 2.90 bits per heavy atom. The lowest BCUT2D eigenvalue weighted by Gasteiger charge is -2.17. The minimum Gasteiger partial charge on any atom is -0.390 e. The summed E-state index contributed by atoms with van der Waals surface area (Å²) in [5.41, 5.74) is 0. The first-order chi connectivity index (χ1) is 9.93. The van der Waals surface area contributed by atoms with Gasteiger partial charge in [0, 0.05) is 19.2 Å². The van der Waals surface area contributed by atoms with Gasteiger partial charge in [-0.05, 0) is 12.1 Å². The summed E-state index contributed by atoms with van der Waals surface area (Å²) in [6.45, 7) is -2.18. The predicted molar refractivity (Wildman–Crippen MR) is 69.7 cm³/mol. The van der Waals surface area contributed by atoms with Crippen molar-refractivity contribution >= 4 is 17.6 Å². The topological polar surface area (TPSA) is 82.5 Å². The Morgan fingerprint density at radius 1 is 1.52 bits per heavy atom. The molecule has 1 aromatic heterocycles. The lowest BCUT2D eigenvalue weighted by Crippen LogP contribution is -2.42. The van der Waals surface area contributed by atoms with Gasteiger partial charge < -0.3 is 10.4 Å². The van der Waals surface area contributed by atoms with Crippen LogP contribution >= 0.6 is 0 Å². The second-order valence-corrected chi connectivity index (χ2v) is 4.83. The van der Waals surface area contributed by atoms with Crippen LogP contribution in [0.2, 0.25) is 0 Å². The van der Waals surface area contributed by atoms with Gasteiger partial charge in [-0.1, -0.05) is 6.07 Å². The van der Waals surface area contributed by atoms with E-state index in [1.807, 2.05) is 0 Å². The number of nitrogens with zero attached hydrogens (tertiary/aromatic N) is 2. The molecular formula is C13H15F2N3O3. The first-order valence-electron chi connectivity index (χ1n) is 6.41. The number of anilines is 1. The van der Waals surface area contributed by atoms with Gasteiger partial charge in [-0.25, -0.2) is 13.8 Å². The fourth-order valence-corrected chi connectivity index (χ4v) is 2.03. The van der Waals surface area contributed by atoms with Crippen LogP contribution in [0.5, 0.6) is 0 Å². The van der Waals surface area contributed by atoms with Crippen molar-refractivity contribution in [2.45, 2.75) is 12.3 Å². The third-order valence-corrected chi connectivity index (χ3v) is 3.17. The number of carbonyl (C=O) groups excluding carboxylic acids is 2. The molecule has 0 radical (unpaired) electrons. The number of alkyl halides is 2. The summed E-state index contributed by atoms with van der Waals surface area (Å²) in [4.78, 5) is 29.0. The number of halogens is 2. The van der Waals surface area contributed by atoms with E-state index in [-0.39, 0.29) is 18.9 Å². The summed E-state index contributed by atoms with van der Waals surface area (Å²) in [6, 6.07) is 5.05. The Balaban J connectivity index is 1.95. The minimum absolute atomic E-state index is 0.0485. The van der Waals surface area contributed by atoms with Crippen molar-refractivity contribution < 1.29 is 23.5 Å². The van der Waals surface area contributed by atoms with Gasteiger partial charge in [-0.3, -0.25) is 14.5 Å². The van der Waals surface area contributed by atoms with Crippen LogP contribution in [0.3, 0.4) is 0 Å². The van der Waals surface area contributed by atoms with E-state index in [1.165, 1.54) is 11.1 Å². The van der Waals surface area contributed by atoms with Crippen molar-refractivity contribution in [3.8, 4) is 0 Å². The molecule has 1 aromatic rings. The average Bonchev–Trinajstić information content (AvgIpc) is 2.88. The molecule has 8 heteroatoms. The van der Waals surface area contributed by atoms with Crippen LogP contribution in [0, 0.1) is 5.92 Å². The average molecular weight is 299 g/mol. The van der Waals surface area contributed by atoms with E-state index in [9.17, 15) is 18.4 Å². The number of nitrogens with one attached hydrogen (secondary N) is 1. The maximum Gasteiger partial charge on any atom is 0.287 e. The van der Waals surface area contributed by atoms with Gasteiger partial charge >= 0.3 is 0 Å². The zero-order chi connectivity index (χ0) is 15.5. The van der Waals surface area contributed by atoms with E-state index in [1.54, 1.807) is 18.2 Å². The summed E-state index contributed by atoms with van der Waals surface area (Å²) in [6.07, 6.45) is 1.48. The second kappa shape index (κ2) is 6.13. The number of pyridine rings is 1. The van der Waals surface area contributed by atoms with Crippen molar-refractivity contribution in [3.63, 3.8) is 0 Å². The number of aromatic nitrogens is 1. The molecule has 1 aliphatic rings. The smallest absolute Gasteiger partial charge is 0.287 e. The molecule has 1 atom stereocenters. The molecule has 0 spiro atoms. The Morgan fingerprint density at radius 2 is 2.29 bits per heavy atom. The molecule has 0 aromatic carbocycles. The maximum atomic E-state index is 12.9. The SMILES string of the molecule is O=C(NCC(F)(F)CO)C1CC(=O)N(c2ccccn2)C1. The lowest BCUT2D eigenvalue weighted by atomic mass is 10.1. The normalized spacial score (nSPS) is 18.9. The molecule has 1 unspecified atom stereocenters. The van der Waals surface area contributed by atoms with Crippen LogP contribution in [0.4, 0.5) is 14.6 Å². The van der Waals surface area contributed by atoms with Crippen LogP contribution in [0.25, 0.3) is 0 Å². The quantitative estimate of drug-likeness (QED) is 0.812. The molecule has 114 valence electrons. The molecule has 0 aliphatic carbocycles. The van der Waals surface area contributed by atoms with Crippen molar-refractivity contribution in [1.29, 1.82) is 0 Å². The summed E-state index contributed by atoms with van der Waals surface area (Å²) in [5, 5.41) is 10.5. The largest absolute Gasteiger partial charge is 0.390 e. The Hall–Kier alpha value is -2.09. The number of rotatable bonds is 5. The molecule has 6 nitrogen and oxygen atoms in total. The van der Waals surface area contributed by atoms with Gasteiger partial charge in [0.15, 0.2) is 0 Å². The Kier molecular flexibility index (Phi) is 4.46. The minimum atomic E-state index is -3.36. The van der Waals surface area contributed by atoms with Crippen molar-refractivity contribution in [1.82, 2.24) is 10.3 Å². The number of amides is 2. The van der Waals surface area contributed by atoms with Crippen LogP contribution in [-0.4, -0.2) is 47.5 Å². The third-order valence-electron chi connectivity index (χ3n) is 3.17. The lowest BCUT2D eigenvalue weighted by molar-refractivity contribution is -0.128. The zero-order valence-corrected chi connectivity index (χ0v) is 11.1. The van der Waals surface area contributed by atoms with E-state index in [2.05, 4.69) is 10.3 Å². The van der Waals surface area contributed by atoms with Gasteiger partial charge in [0.1, 0.15) is 12.4 Å². The molecule has 1 fully saturated rings. The molecule has 21 heavy (non-hydrogen) atoms. The van der Waals surface area contributed by atoms with Crippen LogP contribution in [0.1, 0.15) is 6.42 Å². The number of aliphatic hydroxyl groups excluding tert-OH is 1. The van der Waals surface area contributed by atoms with Gasteiger partial charge in [-0.15, -0.1) is 0 Å². The van der Waals surface area contributed by atoms with E-state index >= 15 is 0 Å². The monoisotopic (exact) mass is 299 g/mol. The summed E-state index contributed by atoms with van der Waals surface area (Å²) in [5.74, 6) is -4.54. The van der Waals surface area contributed by atoms with Gasteiger partial charge in [-0.2, -0.15) is 0 Å². The van der Waals surface area contributed by atoms with Gasteiger partial charge in [0.05, 0.1) is 12.5 Å². The van der Waals surface area contributed by atoms with E-state index in [0.717, 1.165) is 0 Å². The van der Waals surface area contributed by atoms with E-state index in [4.69, 9.17) is 5.11 Å². The van der Waals surface area contributed by atoms with Crippen molar-refractivity contribution in [2.24, 2.45) is 5.92 Å². The number of carbonyl (C=O) groups is 2. The molecule has 0 saturated carbocycles. The number of aliphatic hydroxyl groups is 1. The first-order valence-corrected chi connectivity index (χ1v) is 6.41. The Bertz CT molecular complexity index is 525. The molecule has 1 aliphatic heterocycles. The third kappa shape index (κ3) is 3.72. The highest BCUT2D eigenvalue weighted by Crippen LogP contribution is 2.23. The summed E-state index contributed by atoms with van der Waals surface area (Å²) >= 11 is 0. The first kappa shape index (κ1) is 15.3. The van der Waals surface area contributed by atoms with Crippen LogP contribution in [0.15, 0.2) is 24.4 Å². The second-order valence-electron chi connectivity index (χ2n) is 4.83. The number of hydrogen-bond acceptors (Lipinski definition) is 4. The fourth-order valence-electron chi connectivity index (χ4n) is 2.03. The molecule has 2 heterocycles. The standard InChI is InChI=1S/C13H15F2N3O3/c14-13(15,8-19)7-17-12(21)9-5-11(20)18(6-9)10-3-1-2-4-16-10/h1-4,9,19H,5-8H2,(H,17,21). The number of hydrogen-bond donors (Lipinski definition) is 2. The van der Waals surface area contributed by atoms with E-state index in [0.29, 0.717) is 5.82 Å². The molecule has 2 rings (SSSR count). The summed E-state index contributed by atoms with van der Waals surface area (Å²) < 4.78 is 25.7. The molecule has 0 bridgehead atoms. The van der Waals surface area contributed by atoms with Gasteiger partial charge in [0.2, 0.25) is 11.8 Å². The van der Waals surface area contributed by atoms with Crippen molar-refractivity contribution in [3.05, 3.63) is 24.4 Å². The van der Waals surface area contributed by atoms with E-state index < -0.39 is 30.9 Å².